The van der Waals surface area contributed by atoms with Crippen LogP contribution in [-0.4, -0.2) is 59.7 Å². The summed E-state index contributed by atoms with van der Waals surface area (Å²) in [6.45, 7) is 4.79. The lowest BCUT2D eigenvalue weighted by atomic mass is 10.3. The third-order valence-electron chi connectivity index (χ3n) is 3.99. The first-order valence-corrected chi connectivity index (χ1v) is 8.46. The van der Waals surface area contributed by atoms with Gasteiger partial charge in [0.1, 0.15) is 5.76 Å². The van der Waals surface area contributed by atoms with Crippen molar-refractivity contribution in [3.63, 3.8) is 0 Å². The van der Waals surface area contributed by atoms with E-state index in [0.29, 0.717) is 56.6 Å². The Morgan fingerprint density at radius 3 is 2.58 bits per heavy atom. The summed E-state index contributed by atoms with van der Waals surface area (Å²) in [6.07, 6.45) is 4.26. The van der Waals surface area contributed by atoms with Crippen LogP contribution in [0.4, 0.5) is 10.7 Å². The van der Waals surface area contributed by atoms with E-state index in [-0.39, 0.29) is 12.0 Å². The average molecular weight is 359 g/mol. The molecule has 138 valence electrons. The molecular formula is C17H21N5O4. The summed E-state index contributed by atoms with van der Waals surface area (Å²) < 4.78 is 10.2. The minimum atomic E-state index is -0.295. The van der Waals surface area contributed by atoms with Gasteiger partial charge in [0.05, 0.1) is 25.0 Å². The molecule has 0 saturated carbocycles. The number of hydrogen-bond donors (Lipinski definition) is 1. The van der Waals surface area contributed by atoms with Crippen molar-refractivity contribution in [2.45, 2.75) is 13.5 Å². The number of rotatable bonds is 5. The van der Waals surface area contributed by atoms with Crippen molar-refractivity contribution in [3.05, 3.63) is 42.1 Å². The van der Waals surface area contributed by atoms with E-state index in [4.69, 9.17) is 9.15 Å². The highest BCUT2D eigenvalue weighted by Gasteiger charge is 2.23. The Bertz CT molecular complexity index is 724. The predicted molar refractivity (Wildman–Crippen MR) is 92.7 cm³/mol. The molecule has 0 bridgehead atoms. The quantitative estimate of drug-likeness (QED) is 0.858. The number of piperazine rings is 1. The molecule has 3 heterocycles. The molecule has 1 N–H and O–H groups in total. The lowest BCUT2D eigenvalue weighted by Gasteiger charge is -2.33. The van der Waals surface area contributed by atoms with Crippen LogP contribution in [0.3, 0.4) is 0 Å². The maximum absolute atomic E-state index is 12.1. The van der Waals surface area contributed by atoms with Crippen LogP contribution in [0.25, 0.3) is 0 Å². The number of aromatic nitrogens is 2. The number of amides is 2. The average Bonchev–Trinajstić information content (AvgIpc) is 3.20. The van der Waals surface area contributed by atoms with Crippen LogP contribution in [0.1, 0.15) is 23.0 Å². The molecule has 1 aliphatic heterocycles. The SMILES string of the molecule is CCOC(=O)N1CCN(c2ncc(C(=O)NCc3ccco3)cn2)CC1. The van der Waals surface area contributed by atoms with Crippen LogP contribution in [0.2, 0.25) is 0 Å². The predicted octanol–water partition coefficient (Wildman–Crippen LogP) is 1.28. The number of anilines is 1. The van der Waals surface area contributed by atoms with E-state index in [1.807, 2.05) is 4.90 Å². The highest BCUT2D eigenvalue weighted by molar-refractivity contribution is 5.93. The van der Waals surface area contributed by atoms with Crippen molar-refractivity contribution >= 4 is 17.9 Å². The van der Waals surface area contributed by atoms with Gasteiger partial charge in [0, 0.05) is 38.6 Å². The lowest BCUT2D eigenvalue weighted by Crippen LogP contribution is -2.49. The van der Waals surface area contributed by atoms with Gasteiger partial charge < -0.3 is 24.3 Å². The Balaban J connectivity index is 1.51. The lowest BCUT2D eigenvalue weighted by molar-refractivity contribution is 0.0946. The molecule has 0 aromatic carbocycles. The fraction of sp³-hybridized carbons (Fsp3) is 0.412. The number of furan rings is 1. The van der Waals surface area contributed by atoms with Gasteiger partial charge in [-0.15, -0.1) is 0 Å². The van der Waals surface area contributed by atoms with Crippen molar-refractivity contribution in [2.75, 3.05) is 37.7 Å². The van der Waals surface area contributed by atoms with Crippen molar-refractivity contribution in [1.29, 1.82) is 0 Å². The third-order valence-corrected chi connectivity index (χ3v) is 3.99. The van der Waals surface area contributed by atoms with E-state index >= 15 is 0 Å². The second-order valence-corrected chi connectivity index (χ2v) is 5.71. The van der Waals surface area contributed by atoms with Crippen molar-refractivity contribution < 1.29 is 18.7 Å². The standard InChI is InChI=1S/C17H21N5O4/c1-2-25-17(24)22-7-5-21(6-8-22)16-19-10-13(11-20-16)15(23)18-12-14-4-3-9-26-14/h3-4,9-11H,2,5-8,12H2,1H3,(H,18,23). The summed E-state index contributed by atoms with van der Waals surface area (Å²) in [4.78, 5) is 36.0. The summed E-state index contributed by atoms with van der Waals surface area (Å²) in [5.41, 5.74) is 0.380. The van der Waals surface area contributed by atoms with E-state index in [2.05, 4.69) is 15.3 Å². The van der Waals surface area contributed by atoms with Crippen LogP contribution in [-0.2, 0) is 11.3 Å². The molecule has 0 radical (unpaired) electrons. The van der Waals surface area contributed by atoms with Crippen molar-refractivity contribution in [2.24, 2.45) is 0 Å². The zero-order chi connectivity index (χ0) is 18.4. The maximum Gasteiger partial charge on any atom is 0.409 e. The molecule has 0 aliphatic carbocycles. The molecule has 2 aromatic rings. The summed E-state index contributed by atoms with van der Waals surface area (Å²) in [5.74, 6) is 0.950. The van der Waals surface area contributed by atoms with Crippen LogP contribution < -0.4 is 10.2 Å². The van der Waals surface area contributed by atoms with E-state index in [1.165, 1.54) is 12.4 Å². The zero-order valence-corrected chi connectivity index (χ0v) is 14.6. The highest BCUT2D eigenvalue weighted by Crippen LogP contribution is 2.12. The van der Waals surface area contributed by atoms with Crippen molar-refractivity contribution in [1.82, 2.24) is 20.2 Å². The van der Waals surface area contributed by atoms with Gasteiger partial charge in [-0.1, -0.05) is 0 Å². The summed E-state index contributed by atoms with van der Waals surface area (Å²) >= 11 is 0. The molecule has 0 atom stereocenters. The Kier molecular flexibility index (Phi) is 5.67. The van der Waals surface area contributed by atoms with Gasteiger partial charge >= 0.3 is 6.09 Å². The summed E-state index contributed by atoms with van der Waals surface area (Å²) in [6, 6.07) is 3.55. The molecule has 1 aliphatic rings. The van der Waals surface area contributed by atoms with Gasteiger partial charge in [-0.25, -0.2) is 14.8 Å². The van der Waals surface area contributed by atoms with Gasteiger partial charge in [-0.2, -0.15) is 0 Å². The molecule has 9 heteroatoms. The Morgan fingerprint density at radius 1 is 1.23 bits per heavy atom. The van der Waals surface area contributed by atoms with E-state index in [1.54, 1.807) is 30.2 Å². The fourth-order valence-electron chi connectivity index (χ4n) is 2.59. The first-order valence-electron chi connectivity index (χ1n) is 8.46. The molecule has 9 nitrogen and oxygen atoms in total. The summed E-state index contributed by atoms with van der Waals surface area (Å²) in [7, 11) is 0. The second-order valence-electron chi connectivity index (χ2n) is 5.71. The molecule has 1 saturated heterocycles. The molecule has 26 heavy (non-hydrogen) atoms. The minimum Gasteiger partial charge on any atom is -0.467 e. The zero-order valence-electron chi connectivity index (χ0n) is 14.6. The van der Waals surface area contributed by atoms with Crippen molar-refractivity contribution in [3.8, 4) is 0 Å². The number of carbonyl (C=O) groups is 2. The topological polar surface area (TPSA) is 101 Å². The minimum absolute atomic E-state index is 0.264. The summed E-state index contributed by atoms with van der Waals surface area (Å²) in [5, 5.41) is 2.75. The highest BCUT2D eigenvalue weighted by atomic mass is 16.6. The first kappa shape index (κ1) is 17.7. The van der Waals surface area contributed by atoms with E-state index in [0.717, 1.165) is 0 Å². The van der Waals surface area contributed by atoms with Crippen LogP contribution in [0, 0.1) is 0 Å². The van der Waals surface area contributed by atoms with E-state index in [9.17, 15) is 9.59 Å². The smallest absolute Gasteiger partial charge is 0.409 e. The number of hydrogen-bond acceptors (Lipinski definition) is 7. The monoisotopic (exact) mass is 359 g/mol. The molecule has 0 unspecified atom stereocenters. The molecular weight excluding hydrogens is 338 g/mol. The first-order chi connectivity index (χ1) is 12.7. The largest absolute Gasteiger partial charge is 0.467 e. The molecule has 2 amide bonds. The van der Waals surface area contributed by atoms with Gasteiger partial charge in [0.25, 0.3) is 5.91 Å². The molecule has 0 spiro atoms. The van der Waals surface area contributed by atoms with Crippen LogP contribution in [0.15, 0.2) is 35.2 Å². The number of carbonyl (C=O) groups excluding carboxylic acids is 2. The van der Waals surface area contributed by atoms with Crippen LogP contribution >= 0.6 is 0 Å². The number of nitrogens with one attached hydrogen (secondary N) is 1. The fourth-order valence-corrected chi connectivity index (χ4v) is 2.59. The third kappa shape index (κ3) is 4.29. The number of nitrogens with zero attached hydrogens (tertiary/aromatic N) is 4. The Hall–Kier alpha value is -3.10. The number of ether oxygens (including phenoxy) is 1. The molecule has 2 aromatic heterocycles. The molecule has 3 rings (SSSR count). The Labute approximate surface area is 151 Å². The second kappa shape index (κ2) is 8.32. The molecule has 1 fully saturated rings. The van der Waals surface area contributed by atoms with Gasteiger partial charge in [-0.3, -0.25) is 4.79 Å². The van der Waals surface area contributed by atoms with Gasteiger partial charge in [0.2, 0.25) is 5.95 Å². The Morgan fingerprint density at radius 2 is 1.96 bits per heavy atom. The van der Waals surface area contributed by atoms with E-state index < -0.39 is 0 Å². The van der Waals surface area contributed by atoms with Gasteiger partial charge in [-0.05, 0) is 19.1 Å². The maximum atomic E-state index is 12.1. The van der Waals surface area contributed by atoms with Crippen LogP contribution in [0.5, 0.6) is 0 Å². The normalized spacial score (nSPS) is 14.2. The van der Waals surface area contributed by atoms with Gasteiger partial charge in [0.15, 0.2) is 0 Å².